The van der Waals surface area contributed by atoms with Gasteiger partial charge in [0.05, 0.1) is 0 Å². The van der Waals surface area contributed by atoms with Gasteiger partial charge in [-0.25, -0.2) is 0 Å². The molecule has 106 valence electrons. The molecule has 1 amide bonds. The molecule has 1 aromatic carbocycles. The average Bonchev–Trinajstić information content (AvgIpc) is 2.36. The molecular weight excluding hydrogens is 238 g/mol. The second-order valence-corrected chi connectivity index (χ2v) is 5.20. The van der Waals surface area contributed by atoms with Crippen molar-refractivity contribution in [3.8, 4) is 0 Å². The van der Waals surface area contributed by atoms with E-state index in [1.54, 1.807) is 0 Å². The van der Waals surface area contributed by atoms with Gasteiger partial charge in [-0.15, -0.1) is 0 Å². The fourth-order valence-corrected chi connectivity index (χ4v) is 2.34. The molecule has 0 aliphatic heterocycles. The smallest absolute Gasteiger partial charge is 0.251 e. The maximum atomic E-state index is 12.1. The van der Waals surface area contributed by atoms with Gasteiger partial charge in [0.15, 0.2) is 0 Å². The van der Waals surface area contributed by atoms with Crippen molar-refractivity contribution in [2.75, 3.05) is 13.2 Å². The average molecular weight is 263 g/mol. The summed E-state index contributed by atoms with van der Waals surface area (Å²) in [4.78, 5) is 12.1. The fraction of sp³-hybridized carbons (Fsp3) is 0.562. The molecule has 0 aliphatic rings. The Morgan fingerprint density at radius 1 is 1.32 bits per heavy atom. The second-order valence-electron chi connectivity index (χ2n) is 5.20. The normalized spacial score (nSPS) is 12.2. The number of hydrogen-bond acceptors (Lipinski definition) is 2. The van der Waals surface area contributed by atoms with Crippen LogP contribution in [0.4, 0.5) is 0 Å². The number of hydrogen-bond donors (Lipinski definition) is 2. The predicted molar refractivity (Wildman–Crippen MR) is 78.4 cm³/mol. The summed E-state index contributed by atoms with van der Waals surface area (Å²) in [6.07, 6.45) is 2.86. The first-order chi connectivity index (χ1) is 9.08. The Kier molecular flexibility index (Phi) is 6.57. The number of aryl methyl sites for hydroxylation is 2. The van der Waals surface area contributed by atoms with Gasteiger partial charge in [0.1, 0.15) is 0 Å². The molecule has 19 heavy (non-hydrogen) atoms. The summed E-state index contributed by atoms with van der Waals surface area (Å²) < 4.78 is 0. The maximum Gasteiger partial charge on any atom is 0.251 e. The van der Waals surface area contributed by atoms with Crippen molar-refractivity contribution < 1.29 is 9.90 Å². The Hall–Kier alpha value is -1.35. The third-order valence-electron chi connectivity index (χ3n) is 3.41. The van der Waals surface area contributed by atoms with Crippen LogP contribution in [-0.2, 0) is 0 Å². The topological polar surface area (TPSA) is 49.3 Å². The molecule has 3 nitrogen and oxygen atoms in total. The van der Waals surface area contributed by atoms with Gasteiger partial charge < -0.3 is 10.4 Å². The number of aliphatic hydroxyl groups excluding tert-OH is 1. The highest BCUT2D eigenvalue weighted by molar-refractivity contribution is 5.95. The molecule has 3 heteroatoms. The molecular formula is C16H25NO2. The lowest BCUT2D eigenvalue weighted by Gasteiger charge is -2.16. The molecule has 0 heterocycles. The van der Waals surface area contributed by atoms with E-state index in [9.17, 15) is 4.79 Å². The summed E-state index contributed by atoms with van der Waals surface area (Å²) in [6, 6.07) is 5.85. The minimum Gasteiger partial charge on any atom is -0.396 e. The van der Waals surface area contributed by atoms with Gasteiger partial charge in [0.25, 0.3) is 5.91 Å². The molecule has 1 rings (SSSR count). The van der Waals surface area contributed by atoms with E-state index in [1.807, 2.05) is 32.0 Å². The zero-order valence-corrected chi connectivity index (χ0v) is 12.2. The summed E-state index contributed by atoms with van der Waals surface area (Å²) in [5, 5.41) is 12.0. The predicted octanol–water partition coefficient (Wildman–Crippen LogP) is 2.83. The third kappa shape index (κ3) is 5.03. The zero-order valence-electron chi connectivity index (χ0n) is 12.2. The van der Waals surface area contributed by atoms with Gasteiger partial charge >= 0.3 is 0 Å². The van der Waals surface area contributed by atoms with E-state index in [1.165, 1.54) is 0 Å². The molecule has 0 saturated carbocycles. The minimum atomic E-state index is -0.0171. The van der Waals surface area contributed by atoms with Crippen molar-refractivity contribution >= 4 is 5.91 Å². The van der Waals surface area contributed by atoms with Crippen LogP contribution >= 0.6 is 0 Å². The van der Waals surface area contributed by atoms with Crippen molar-refractivity contribution in [1.82, 2.24) is 5.32 Å². The quantitative estimate of drug-likeness (QED) is 0.794. The van der Waals surface area contributed by atoms with E-state index in [0.29, 0.717) is 12.5 Å². The van der Waals surface area contributed by atoms with E-state index >= 15 is 0 Å². The van der Waals surface area contributed by atoms with Crippen LogP contribution in [0.25, 0.3) is 0 Å². The molecule has 1 unspecified atom stereocenters. The molecule has 0 bridgehead atoms. The largest absolute Gasteiger partial charge is 0.396 e. The molecule has 0 saturated heterocycles. The molecule has 1 aromatic rings. The summed E-state index contributed by atoms with van der Waals surface area (Å²) in [5.41, 5.74) is 2.91. The Morgan fingerprint density at radius 2 is 2.05 bits per heavy atom. The van der Waals surface area contributed by atoms with Crippen LogP contribution < -0.4 is 5.32 Å². The summed E-state index contributed by atoms with van der Waals surface area (Å²) in [5.74, 6) is 0.348. The minimum absolute atomic E-state index is 0.0171. The first-order valence-corrected chi connectivity index (χ1v) is 7.04. The van der Waals surface area contributed by atoms with Crippen molar-refractivity contribution in [3.05, 3.63) is 34.9 Å². The van der Waals surface area contributed by atoms with Crippen molar-refractivity contribution in [2.45, 2.75) is 40.0 Å². The van der Waals surface area contributed by atoms with E-state index < -0.39 is 0 Å². The van der Waals surface area contributed by atoms with Gasteiger partial charge in [-0.05, 0) is 44.2 Å². The van der Waals surface area contributed by atoms with E-state index in [4.69, 9.17) is 5.11 Å². The van der Waals surface area contributed by atoms with E-state index in [2.05, 4.69) is 12.2 Å². The number of amides is 1. The highest BCUT2D eigenvalue weighted by Crippen LogP contribution is 2.12. The van der Waals surface area contributed by atoms with Crippen LogP contribution in [0, 0.1) is 19.8 Å². The number of aliphatic hydroxyl groups is 1. The maximum absolute atomic E-state index is 12.1. The third-order valence-corrected chi connectivity index (χ3v) is 3.41. The molecule has 0 spiro atoms. The van der Waals surface area contributed by atoms with Gasteiger partial charge in [-0.3, -0.25) is 4.79 Å². The van der Waals surface area contributed by atoms with Crippen LogP contribution in [0.5, 0.6) is 0 Å². The SMILES string of the molecule is CCCC(CCO)CNC(=O)c1ccc(C)cc1C. The molecule has 0 fully saturated rings. The number of benzene rings is 1. The van der Waals surface area contributed by atoms with Gasteiger partial charge in [0.2, 0.25) is 0 Å². The van der Waals surface area contributed by atoms with Crippen LogP contribution in [0.2, 0.25) is 0 Å². The molecule has 0 aliphatic carbocycles. The highest BCUT2D eigenvalue weighted by atomic mass is 16.3. The monoisotopic (exact) mass is 263 g/mol. The van der Waals surface area contributed by atoms with Gasteiger partial charge in [-0.2, -0.15) is 0 Å². The van der Waals surface area contributed by atoms with Crippen LogP contribution in [-0.4, -0.2) is 24.2 Å². The summed E-state index contributed by atoms with van der Waals surface area (Å²) in [7, 11) is 0. The van der Waals surface area contributed by atoms with Crippen molar-refractivity contribution in [1.29, 1.82) is 0 Å². The lowest BCUT2D eigenvalue weighted by molar-refractivity contribution is 0.0942. The molecule has 1 atom stereocenters. The second kappa shape index (κ2) is 7.95. The van der Waals surface area contributed by atoms with Crippen LogP contribution in [0.3, 0.4) is 0 Å². The Labute approximate surface area is 116 Å². The molecule has 0 aromatic heterocycles. The number of rotatable bonds is 7. The number of carbonyl (C=O) groups excluding carboxylic acids is 1. The highest BCUT2D eigenvalue weighted by Gasteiger charge is 2.12. The number of carbonyl (C=O) groups is 1. The lowest BCUT2D eigenvalue weighted by Crippen LogP contribution is -2.30. The Morgan fingerprint density at radius 3 is 2.63 bits per heavy atom. The lowest BCUT2D eigenvalue weighted by atomic mass is 9.99. The molecule has 0 radical (unpaired) electrons. The van der Waals surface area contributed by atoms with Crippen LogP contribution in [0.1, 0.15) is 47.7 Å². The zero-order chi connectivity index (χ0) is 14.3. The van der Waals surface area contributed by atoms with E-state index in [0.717, 1.165) is 36.0 Å². The Balaban J connectivity index is 2.58. The fourth-order valence-electron chi connectivity index (χ4n) is 2.34. The van der Waals surface area contributed by atoms with Crippen molar-refractivity contribution in [2.24, 2.45) is 5.92 Å². The summed E-state index contributed by atoms with van der Waals surface area (Å²) in [6.45, 7) is 6.92. The number of nitrogens with one attached hydrogen (secondary N) is 1. The first kappa shape index (κ1) is 15.7. The van der Waals surface area contributed by atoms with Crippen LogP contribution in [0.15, 0.2) is 18.2 Å². The standard InChI is InChI=1S/C16H25NO2/c1-4-5-14(8-9-18)11-17-16(19)15-7-6-12(2)10-13(15)3/h6-7,10,14,18H,4-5,8-9,11H2,1-3H3,(H,17,19). The Bertz CT molecular complexity index is 409. The molecule has 2 N–H and O–H groups in total. The van der Waals surface area contributed by atoms with Gasteiger partial charge in [-0.1, -0.05) is 31.0 Å². The van der Waals surface area contributed by atoms with Gasteiger partial charge in [0, 0.05) is 18.7 Å². The van der Waals surface area contributed by atoms with Crippen molar-refractivity contribution in [3.63, 3.8) is 0 Å². The van der Waals surface area contributed by atoms with E-state index in [-0.39, 0.29) is 12.5 Å². The first-order valence-electron chi connectivity index (χ1n) is 7.04. The summed E-state index contributed by atoms with van der Waals surface area (Å²) >= 11 is 0.